The van der Waals surface area contributed by atoms with Crippen LogP contribution in [0.3, 0.4) is 0 Å². The van der Waals surface area contributed by atoms with Crippen LogP contribution >= 0.6 is 14.3 Å². The van der Waals surface area contributed by atoms with Crippen molar-refractivity contribution in [3.05, 3.63) is 0 Å². The molecule has 4 aliphatic rings. The Morgan fingerprint density at radius 1 is 0.424 bits per heavy atom. The third-order valence-electron chi connectivity index (χ3n) is 9.27. The number of hydrogen-bond donors (Lipinski definition) is 1. The Hall–Kier alpha value is 0.950. The zero-order valence-electron chi connectivity index (χ0n) is 20.7. The molecule has 0 aliphatic heterocycles. The second kappa shape index (κ2) is 13.5. The predicted octanol–water partition coefficient (Wildman–Crippen LogP) is 6.50. The minimum atomic E-state index is -0.542. The maximum Gasteiger partial charge on any atom is 0.127 e. The maximum atomic E-state index is 4.19. The van der Waals surface area contributed by atoms with Crippen LogP contribution in [-0.2, 0) is 0 Å². The van der Waals surface area contributed by atoms with Crippen LogP contribution in [-0.4, -0.2) is 63.2 Å². The molecule has 4 saturated carbocycles. The minimum absolute atomic E-state index is 0.522. The van der Waals surface area contributed by atoms with Crippen LogP contribution in [0.5, 0.6) is 0 Å². The van der Waals surface area contributed by atoms with E-state index in [1.54, 1.807) is 141 Å². The minimum Gasteiger partial charge on any atom is -0.310 e. The van der Waals surface area contributed by atoms with Crippen molar-refractivity contribution in [2.24, 2.45) is 0 Å². The van der Waals surface area contributed by atoms with Crippen LogP contribution in [0.4, 0.5) is 0 Å². The Bertz CT molecular complexity index is 466. The molecule has 5 heteroatoms. The van der Waals surface area contributed by atoms with Gasteiger partial charge >= 0.3 is 0 Å². The van der Waals surface area contributed by atoms with Crippen molar-refractivity contribution in [2.75, 3.05) is 25.4 Å². The fraction of sp³-hybridized carbons (Fsp3) is 1.00. The lowest BCUT2D eigenvalue weighted by Crippen LogP contribution is -2.36. The number of rotatable bonds is 10. The topological polar surface area (TPSA) is 12.0 Å². The summed E-state index contributed by atoms with van der Waals surface area (Å²) in [6.07, 6.45) is 35.4. The second-order valence-electron chi connectivity index (χ2n) is 11.4. The van der Waals surface area contributed by atoms with Crippen LogP contribution in [0.1, 0.15) is 128 Å². The van der Waals surface area contributed by atoms with Gasteiger partial charge in [0, 0.05) is 48.0 Å². The molecule has 4 fully saturated rings. The quantitative estimate of drug-likeness (QED) is 0.208. The third kappa shape index (κ3) is 7.04. The number of nitrogens with one attached hydrogen (secondary N) is 1. The average molecular weight is 493 g/mol. The summed E-state index contributed by atoms with van der Waals surface area (Å²) in [6, 6.07) is 0. The Balaban J connectivity index is 1.31. The Morgan fingerprint density at radius 3 is 0.909 bits per heavy atom. The molecule has 0 bridgehead atoms. The van der Waals surface area contributed by atoms with Crippen molar-refractivity contribution in [1.29, 1.82) is 0 Å². The lowest BCUT2D eigenvalue weighted by Gasteiger charge is -2.48. The van der Waals surface area contributed by atoms with E-state index in [2.05, 4.69) is 5.32 Å². The first-order valence-corrected chi connectivity index (χ1v) is 18.0. The fourth-order valence-corrected chi connectivity index (χ4v) is 15.1. The largest absolute Gasteiger partial charge is 0.310 e. The molecular formula is C28H59B2NP2. The second-order valence-corrected chi connectivity index (χ2v) is 17.3. The average Bonchev–Trinajstić information content (AvgIpc) is 2.90. The van der Waals surface area contributed by atoms with E-state index in [4.69, 9.17) is 0 Å². The van der Waals surface area contributed by atoms with Gasteiger partial charge in [-0.05, 0) is 103 Å². The molecule has 0 aromatic carbocycles. The van der Waals surface area contributed by atoms with E-state index in [1.165, 1.54) is 35.7 Å². The van der Waals surface area contributed by atoms with Crippen molar-refractivity contribution in [1.82, 2.24) is 5.32 Å². The van der Waals surface area contributed by atoms with Gasteiger partial charge < -0.3 is 5.32 Å². The highest BCUT2D eigenvalue weighted by molar-refractivity contribution is 7.98. The molecule has 0 heterocycles. The standard InChI is InChI=1S/C28H59B2NP2/c29-32(25-13-5-1-6-14-25,26-15-7-2-8-16-26)23-21-31-22-24-33(30,27-17-9-3-10-18-27)28-19-11-4-12-20-28/h25-28,31H,1-24H2,29-30H3. The summed E-state index contributed by atoms with van der Waals surface area (Å²) in [5, 5.41) is 4.19. The van der Waals surface area contributed by atoms with Gasteiger partial charge in [-0.2, -0.15) is 14.3 Å². The van der Waals surface area contributed by atoms with Gasteiger partial charge in [0.15, 0.2) is 0 Å². The van der Waals surface area contributed by atoms with E-state index in [0.717, 1.165) is 0 Å². The van der Waals surface area contributed by atoms with Crippen molar-refractivity contribution < 1.29 is 0 Å². The van der Waals surface area contributed by atoms with Crippen LogP contribution in [0.2, 0.25) is 0 Å². The van der Waals surface area contributed by atoms with Crippen LogP contribution in [0, 0.1) is 0 Å². The summed E-state index contributed by atoms with van der Waals surface area (Å²) in [7, 11) is -0.0388. The molecule has 1 N–H and O–H groups in total. The summed E-state index contributed by atoms with van der Waals surface area (Å²) < 4.78 is 0. The molecule has 0 unspecified atom stereocenters. The normalized spacial score (nSPS) is 26.0. The van der Waals surface area contributed by atoms with Gasteiger partial charge in [-0.3, -0.25) is 0 Å². The molecule has 0 aromatic heterocycles. The van der Waals surface area contributed by atoms with Gasteiger partial charge in [0.05, 0.1) is 0 Å². The first kappa shape index (κ1) is 27.0. The zero-order valence-corrected chi connectivity index (χ0v) is 22.5. The lowest BCUT2D eigenvalue weighted by atomic mass is 9.99. The highest BCUT2D eigenvalue weighted by Crippen LogP contribution is 2.69. The summed E-state index contributed by atoms with van der Waals surface area (Å²) >= 11 is 0. The van der Waals surface area contributed by atoms with E-state index >= 15 is 0 Å². The van der Waals surface area contributed by atoms with Crippen molar-refractivity contribution >= 4 is 29.4 Å². The van der Waals surface area contributed by atoms with Crippen LogP contribution < -0.4 is 5.32 Å². The maximum absolute atomic E-state index is 4.19. The van der Waals surface area contributed by atoms with E-state index < -0.39 is 14.3 Å². The smallest absolute Gasteiger partial charge is 0.127 e. The molecule has 0 atom stereocenters. The first-order chi connectivity index (χ1) is 16.1. The summed E-state index contributed by atoms with van der Waals surface area (Å²) in [4.78, 5) is 0. The Morgan fingerprint density at radius 2 is 0.667 bits per heavy atom. The van der Waals surface area contributed by atoms with E-state index in [1.807, 2.05) is 0 Å². The van der Waals surface area contributed by atoms with Crippen molar-refractivity contribution in [3.8, 4) is 0 Å². The van der Waals surface area contributed by atoms with Gasteiger partial charge in [-0.1, -0.05) is 25.7 Å². The highest BCUT2D eigenvalue weighted by Gasteiger charge is 2.43. The molecule has 0 radical (unpaired) electrons. The summed E-state index contributed by atoms with van der Waals surface area (Å²) in [5.41, 5.74) is 4.99. The fourth-order valence-electron chi connectivity index (χ4n) is 7.52. The first-order valence-electron chi connectivity index (χ1n) is 14.6. The Kier molecular flexibility index (Phi) is 11.0. The van der Waals surface area contributed by atoms with Gasteiger partial charge in [0.1, 0.15) is 15.1 Å². The lowest BCUT2D eigenvalue weighted by molar-refractivity contribution is 0.480. The molecule has 4 aliphatic carbocycles. The molecule has 0 amide bonds. The molecule has 192 valence electrons. The van der Waals surface area contributed by atoms with Crippen molar-refractivity contribution in [3.63, 3.8) is 0 Å². The van der Waals surface area contributed by atoms with E-state index in [9.17, 15) is 0 Å². The van der Waals surface area contributed by atoms with Crippen molar-refractivity contribution in [2.45, 2.75) is 151 Å². The molecule has 4 rings (SSSR count). The highest BCUT2D eigenvalue weighted by atomic mass is 31.2. The van der Waals surface area contributed by atoms with Gasteiger partial charge in [0.25, 0.3) is 0 Å². The predicted molar refractivity (Wildman–Crippen MR) is 164 cm³/mol. The molecular weight excluding hydrogens is 434 g/mol. The molecule has 0 aromatic rings. The molecule has 1 nitrogen and oxygen atoms in total. The zero-order chi connectivity index (χ0) is 23.0. The van der Waals surface area contributed by atoms with Gasteiger partial charge in [-0.15, -0.1) is 0 Å². The summed E-state index contributed by atoms with van der Waals surface area (Å²) in [5.74, 6) is 0. The van der Waals surface area contributed by atoms with Gasteiger partial charge in [-0.25, -0.2) is 0 Å². The van der Waals surface area contributed by atoms with E-state index in [-0.39, 0.29) is 0 Å². The van der Waals surface area contributed by atoms with Crippen LogP contribution in [0.15, 0.2) is 0 Å². The molecule has 0 spiro atoms. The molecule has 33 heavy (non-hydrogen) atoms. The summed E-state index contributed by atoms with van der Waals surface area (Å²) in [6.45, 7) is 2.86. The number of hydrogen-bond acceptors (Lipinski definition) is 1. The van der Waals surface area contributed by atoms with Gasteiger partial charge in [0.2, 0.25) is 0 Å². The molecule has 0 saturated heterocycles. The monoisotopic (exact) mass is 493 g/mol. The third-order valence-corrected chi connectivity index (χ3v) is 16.6. The SMILES string of the molecule is [BH3-][P+](CCNCC[P+]([BH3-])(C1CCCCC1)C1CCCCC1)(C1CCCCC1)C1CCCCC1. The van der Waals surface area contributed by atoms with Crippen LogP contribution in [0.25, 0.3) is 0 Å². The Labute approximate surface area is 211 Å². The van der Waals surface area contributed by atoms with E-state index in [0.29, 0.717) is 15.1 Å².